The highest BCUT2D eigenvalue weighted by Gasteiger charge is 2.41. The van der Waals surface area contributed by atoms with Crippen molar-refractivity contribution in [3.63, 3.8) is 0 Å². The van der Waals surface area contributed by atoms with E-state index < -0.39 is 22.6 Å². The van der Waals surface area contributed by atoms with Crippen molar-refractivity contribution in [2.75, 3.05) is 0 Å². The van der Waals surface area contributed by atoms with Crippen LogP contribution in [0.2, 0.25) is 0 Å². The Labute approximate surface area is 111 Å². The Bertz CT molecular complexity index is 599. The van der Waals surface area contributed by atoms with Crippen LogP contribution in [-0.4, -0.2) is 8.42 Å². The van der Waals surface area contributed by atoms with Gasteiger partial charge in [-0.3, -0.25) is 0 Å². The smallest absolute Gasteiger partial charge is 0.237 e. The van der Waals surface area contributed by atoms with E-state index >= 15 is 0 Å². The number of hydrogen-bond acceptors (Lipinski definition) is 4. The number of rotatable bonds is 2. The minimum absolute atomic E-state index is 0.645. The fourth-order valence-electron chi connectivity index (χ4n) is 2.12. The molecule has 2 aromatic carbocycles. The van der Waals surface area contributed by atoms with E-state index in [9.17, 15) is 8.42 Å². The Morgan fingerprint density at radius 3 is 1.42 bits per heavy atom. The summed E-state index contributed by atoms with van der Waals surface area (Å²) < 4.78 is 33.2. The minimum Gasteiger partial charge on any atom is -0.237 e. The van der Waals surface area contributed by atoms with Gasteiger partial charge in [0.25, 0.3) is 0 Å². The molecule has 3 rings (SSSR count). The van der Waals surface area contributed by atoms with Crippen LogP contribution < -0.4 is 0 Å². The first-order chi connectivity index (χ1) is 9.16. The largest absolute Gasteiger partial charge is 0.401 e. The Morgan fingerprint density at radius 2 is 1.05 bits per heavy atom. The molecule has 5 heteroatoms. The lowest BCUT2D eigenvalue weighted by molar-refractivity contribution is 0.159. The minimum atomic E-state index is -3.94. The summed E-state index contributed by atoms with van der Waals surface area (Å²) in [7, 11) is -3.94. The van der Waals surface area contributed by atoms with Crippen molar-refractivity contribution in [3.05, 3.63) is 71.8 Å². The van der Waals surface area contributed by atoms with Crippen LogP contribution in [0.3, 0.4) is 0 Å². The molecule has 0 spiro atoms. The van der Waals surface area contributed by atoms with E-state index in [1.807, 2.05) is 60.7 Å². The van der Waals surface area contributed by atoms with Crippen molar-refractivity contribution in [3.8, 4) is 0 Å². The quantitative estimate of drug-likeness (QED) is 0.846. The Kier molecular flexibility index (Phi) is 3.10. The maximum Gasteiger partial charge on any atom is 0.401 e. The van der Waals surface area contributed by atoms with Gasteiger partial charge in [-0.05, 0) is 11.1 Å². The first-order valence-electron chi connectivity index (χ1n) is 5.87. The average molecular weight is 276 g/mol. The van der Waals surface area contributed by atoms with Crippen LogP contribution in [0.4, 0.5) is 0 Å². The average Bonchev–Trinajstić information content (AvgIpc) is 2.77. The molecule has 0 aromatic heterocycles. The second kappa shape index (κ2) is 4.77. The van der Waals surface area contributed by atoms with Crippen molar-refractivity contribution in [1.82, 2.24) is 0 Å². The summed E-state index contributed by atoms with van der Waals surface area (Å²) in [5.41, 5.74) is 1.55. The summed E-state index contributed by atoms with van der Waals surface area (Å²) in [6.07, 6.45) is -1.29. The maximum absolute atomic E-state index is 11.6. The van der Waals surface area contributed by atoms with E-state index in [4.69, 9.17) is 8.37 Å². The third kappa shape index (κ3) is 2.53. The predicted molar refractivity (Wildman–Crippen MR) is 69.5 cm³/mol. The molecule has 0 aliphatic carbocycles. The highest BCUT2D eigenvalue weighted by Crippen LogP contribution is 2.43. The zero-order valence-corrected chi connectivity index (χ0v) is 10.8. The fraction of sp³-hybridized carbons (Fsp3) is 0.143. The Hall–Kier alpha value is -1.69. The normalized spacial score (nSPS) is 25.3. The molecule has 1 saturated heterocycles. The summed E-state index contributed by atoms with van der Waals surface area (Å²) in [4.78, 5) is 0. The van der Waals surface area contributed by atoms with Crippen molar-refractivity contribution in [2.24, 2.45) is 0 Å². The lowest BCUT2D eigenvalue weighted by Crippen LogP contribution is -2.06. The Balaban J connectivity index is 2.02. The van der Waals surface area contributed by atoms with Crippen LogP contribution in [0.15, 0.2) is 60.7 Å². The summed E-state index contributed by atoms with van der Waals surface area (Å²) in [5, 5.41) is 0. The SMILES string of the molecule is O=S1(=O)O[C@@H](c2ccccc2)[C@H](c2ccccc2)O1. The second-order valence-electron chi connectivity index (χ2n) is 4.26. The molecule has 1 aliphatic rings. The second-order valence-corrected chi connectivity index (χ2v) is 5.46. The van der Waals surface area contributed by atoms with Gasteiger partial charge < -0.3 is 0 Å². The van der Waals surface area contributed by atoms with E-state index in [-0.39, 0.29) is 0 Å². The van der Waals surface area contributed by atoms with Gasteiger partial charge in [-0.1, -0.05) is 60.7 Å². The predicted octanol–water partition coefficient (Wildman–Crippen LogP) is 2.76. The summed E-state index contributed by atoms with van der Waals surface area (Å²) in [6.45, 7) is 0. The number of hydrogen-bond donors (Lipinski definition) is 0. The molecule has 0 N–H and O–H groups in total. The van der Waals surface area contributed by atoms with Crippen LogP contribution >= 0.6 is 0 Å². The van der Waals surface area contributed by atoms with Crippen LogP contribution in [0.5, 0.6) is 0 Å². The molecule has 19 heavy (non-hydrogen) atoms. The molecule has 98 valence electrons. The van der Waals surface area contributed by atoms with Crippen molar-refractivity contribution in [2.45, 2.75) is 12.2 Å². The van der Waals surface area contributed by atoms with Crippen LogP contribution in [-0.2, 0) is 18.8 Å². The molecule has 1 heterocycles. The fourth-order valence-corrected chi connectivity index (χ4v) is 3.10. The zero-order chi connectivity index (χ0) is 13.3. The first kappa shape index (κ1) is 12.3. The molecule has 0 amide bonds. The van der Waals surface area contributed by atoms with Crippen LogP contribution in [0.1, 0.15) is 23.3 Å². The van der Waals surface area contributed by atoms with Gasteiger partial charge in [-0.25, -0.2) is 8.37 Å². The van der Waals surface area contributed by atoms with Crippen LogP contribution in [0, 0.1) is 0 Å². The highest BCUT2D eigenvalue weighted by atomic mass is 32.3. The molecular formula is C14H12O4S. The highest BCUT2D eigenvalue weighted by molar-refractivity contribution is 7.82. The molecule has 2 atom stereocenters. The van der Waals surface area contributed by atoms with Gasteiger partial charge >= 0.3 is 10.4 Å². The van der Waals surface area contributed by atoms with Gasteiger partial charge in [-0.2, -0.15) is 8.42 Å². The summed E-state index contributed by atoms with van der Waals surface area (Å²) in [5.74, 6) is 0. The van der Waals surface area contributed by atoms with E-state index in [0.29, 0.717) is 0 Å². The van der Waals surface area contributed by atoms with Gasteiger partial charge in [0.2, 0.25) is 0 Å². The van der Waals surface area contributed by atoms with Crippen molar-refractivity contribution in [1.29, 1.82) is 0 Å². The first-order valence-corrected chi connectivity index (χ1v) is 7.20. The topological polar surface area (TPSA) is 52.6 Å². The molecular weight excluding hydrogens is 264 g/mol. The van der Waals surface area contributed by atoms with E-state index in [0.717, 1.165) is 11.1 Å². The molecule has 0 radical (unpaired) electrons. The molecule has 0 saturated carbocycles. The lowest BCUT2D eigenvalue weighted by Gasteiger charge is -2.15. The van der Waals surface area contributed by atoms with Crippen molar-refractivity contribution < 1.29 is 16.8 Å². The maximum atomic E-state index is 11.6. The summed E-state index contributed by atoms with van der Waals surface area (Å²) >= 11 is 0. The lowest BCUT2D eigenvalue weighted by atomic mass is 9.99. The van der Waals surface area contributed by atoms with Gasteiger partial charge in [0.05, 0.1) is 0 Å². The molecule has 1 aliphatic heterocycles. The third-order valence-electron chi connectivity index (χ3n) is 2.97. The van der Waals surface area contributed by atoms with Gasteiger partial charge in [0.1, 0.15) is 12.2 Å². The zero-order valence-electron chi connectivity index (χ0n) is 9.97. The summed E-state index contributed by atoms with van der Waals surface area (Å²) in [6, 6.07) is 18.4. The Morgan fingerprint density at radius 1 is 0.684 bits per heavy atom. The molecule has 1 fully saturated rings. The standard InChI is InChI=1S/C14H12O4S/c15-19(16)17-13(11-7-3-1-4-8-11)14(18-19)12-9-5-2-6-10-12/h1-10,13-14H/t13-,14-/m0/s1. The molecule has 4 nitrogen and oxygen atoms in total. The molecule has 2 aromatic rings. The van der Waals surface area contributed by atoms with Gasteiger partial charge in [0, 0.05) is 0 Å². The van der Waals surface area contributed by atoms with E-state index in [1.54, 1.807) is 0 Å². The van der Waals surface area contributed by atoms with E-state index in [2.05, 4.69) is 0 Å². The van der Waals surface area contributed by atoms with Gasteiger partial charge in [0.15, 0.2) is 0 Å². The monoisotopic (exact) mass is 276 g/mol. The van der Waals surface area contributed by atoms with Crippen molar-refractivity contribution >= 4 is 10.4 Å². The van der Waals surface area contributed by atoms with Gasteiger partial charge in [-0.15, -0.1) is 0 Å². The molecule has 0 bridgehead atoms. The number of benzene rings is 2. The third-order valence-corrected chi connectivity index (χ3v) is 3.86. The van der Waals surface area contributed by atoms with E-state index in [1.165, 1.54) is 0 Å². The molecule has 0 unspecified atom stereocenters. The van der Waals surface area contributed by atoms with Crippen LogP contribution in [0.25, 0.3) is 0 Å².